The Bertz CT molecular complexity index is 497. The molecule has 0 amide bonds. The van der Waals surface area contributed by atoms with E-state index in [1.807, 2.05) is 12.3 Å². The zero-order valence-electron chi connectivity index (χ0n) is 10.1. The number of hydrogen-bond acceptors (Lipinski definition) is 2. The summed E-state index contributed by atoms with van der Waals surface area (Å²) in [5, 5.41) is 7.45. The molecule has 2 aromatic rings. The highest BCUT2D eigenvalue weighted by Crippen LogP contribution is 2.21. The maximum absolute atomic E-state index is 13.2. The van der Waals surface area contributed by atoms with Gasteiger partial charge >= 0.3 is 0 Å². The Morgan fingerprint density at radius 1 is 1.22 bits per heavy atom. The van der Waals surface area contributed by atoms with Crippen molar-refractivity contribution in [3.05, 3.63) is 57.8 Å². The standard InChI is InChI=1S/C14H15F2NS/c1-2-17-14(11-5-6-18-9-11)8-10-3-4-12(15)13(16)7-10/h3-7,9,14,17H,2,8H2,1H3. The van der Waals surface area contributed by atoms with Crippen LogP contribution < -0.4 is 5.32 Å². The van der Waals surface area contributed by atoms with Crippen molar-refractivity contribution < 1.29 is 8.78 Å². The van der Waals surface area contributed by atoms with Crippen molar-refractivity contribution in [2.45, 2.75) is 19.4 Å². The van der Waals surface area contributed by atoms with E-state index >= 15 is 0 Å². The van der Waals surface area contributed by atoms with Gasteiger partial charge in [0.1, 0.15) is 0 Å². The van der Waals surface area contributed by atoms with Gasteiger partial charge in [0, 0.05) is 6.04 Å². The third-order valence-corrected chi connectivity index (χ3v) is 3.52. The first-order valence-electron chi connectivity index (χ1n) is 5.90. The lowest BCUT2D eigenvalue weighted by molar-refractivity contribution is 0.502. The van der Waals surface area contributed by atoms with Crippen LogP contribution in [0.1, 0.15) is 24.1 Å². The van der Waals surface area contributed by atoms with E-state index in [2.05, 4.69) is 16.8 Å². The van der Waals surface area contributed by atoms with Crippen molar-refractivity contribution in [1.82, 2.24) is 5.32 Å². The molecule has 1 aromatic carbocycles. The predicted octanol–water partition coefficient (Wildman–Crippen LogP) is 3.92. The minimum absolute atomic E-state index is 0.145. The zero-order chi connectivity index (χ0) is 13.0. The molecule has 0 saturated carbocycles. The average Bonchev–Trinajstić information content (AvgIpc) is 2.87. The quantitative estimate of drug-likeness (QED) is 0.865. The third-order valence-electron chi connectivity index (χ3n) is 2.82. The predicted molar refractivity (Wildman–Crippen MR) is 70.8 cm³/mol. The van der Waals surface area contributed by atoms with Crippen molar-refractivity contribution in [3.8, 4) is 0 Å². The maximum Gasteiger partial charge on any atom is 0.159 e. The number of likely N-dealkylation sites (N-methyl/N-ethyl adjacent to an activating group) is 1. The lowest BCUT2D eigenvalue weighted by atomic mass is 10.0. The molecule has 1 nitrogen and oxygen atoms in total. The Hall–Kier alpha value is -1.26. The molecule has 18 heavy (non-hydrogen) atoms. The Morgan fingerprint density at radius 2 is 2.06 bits per heavy atom. The fourth-order valence-electron chi connectivity index (χ4n) is 1.93. The van der Waals surface area contributed by atoms with E-state index in [0.29, 0.717) is 6.42 Å². The molecule has 96 valence electrons. The summed E-state index contributed by atoms with van der Waals surface area (Å²) in [4.78, 5) is 0. The molecule has 1 aromatic heterocycles. The summed E-state index contributed by atoms with van der Waals surface area (Å²) >= 11 is 1.64. The lowest BCUT2D eigenvalue weighted by Gasteiger charge is -2.17. The summed E-state index contributed by atoms with van der Waals surface area (Å²) < 4.78 is 26.0. The van der Waals surface area contributed by atoms with Gasteiger partial charge in [0.15, 0.2) is 11.6 Å². The van der Waals surface area contributed by atoms with Gasteiger partial charge in [0.2, 0.25) is 0 Å². The van der Waals surface area contributed by atoms with Crippen LogP contribution in [0.2, 0.25) is 0 Å². The fourth-order valence-corrected chi connectivity index (χ4v) is 2.64. The first-order chi connectivity index (χ1) is 8.70. The second-order valence-electron chi connectivity index (χ2n) is 4.12. The maximum atomic E-state index is 13.2. The van der Waals surface area contributed by atoms with Gasteiger partial charge in [-0.15, -0.1) is 0 Å². The third kappa shape index (κ3) is 3.15. The van der Waals surface area contributed by atoms with Gasteiger partial charge < -0.3 is 5.32 Å². The van der Waals surface area contributed by atoms with Crippen LogP contribution >= 0.6 is 11.3 Å². The van der Waals surface area contributed by atoms with Gasteiger partial charge in [-0.05, 0) is 53.1 Å². The normalized spacial score (nSPS) is 12.6. The average molecular weight is 267 g/mol. The summed E-state index contributed by atoms with van der Waals surface area (Å²) in [7, 11) is 0. The first kappa shape index (κ1) is 13.2. The summed E-state index contributed by atoms with van der Waals surface area (Å²) in [6, 6.07) is 6.28. The molecular formula is C14H15F2NS. The van der Waals surface area contributed by atoms with Gasteiger partial charge in [-0.25, -0.2) is 8.78 Å². The molecule has 1 atom stereocenters. The lowest BCUT2D eigenvalue weighted by Crippen LogP contribution is -2.22. The van der Waals surface area contributed by atoms with Gasteiger partial charge in [-0.2, -0.15) is 11.3 Å². The SMILES string of the molecule is CCNC(Cc1ccc(F)c(F)c1)c1ccsc1. The van der Waals surface area contributed by atoms with Gasteiger partial charge in [0.05, 0.1) is 0 Å². The first-order valence-corrected chi connectivity index (χ1v) is 6.84. The van der Waals surface area contributed by atoms with E-state index in [-0.39, 0.29) is 6.04 Å². The molecule has 0 aliphatic carbocycles. The molecule has 0 bridgehead atoms. The van der Waals surface area contributed by atoms with Crippen molar-refractivity contribution >= 4 is 11.3 Å². The van der Waals surface area contributed by atoms with Crippen LogP contribution in [0.25, 0.3) is 0 Å². The second kappa shape index (κ2) is 6.07. The molecule has 1 heterocycles. The second-order valence-corrected chi connectivity index (χ2v) is 4.90. The van der Waals surface area contributed by atoms with Gasteiger partial charge in [-0.3, -0.25) is 0 Å². The number of halogens is 2. The van der Waals surface area contributed by atoms with Crippen molar-refractivity contribution in [1.29, 1.82) is 0 Å². The topological polar surface area (TPSA) is 12.0 Å². The van der Waals surface area contributed by atoms with Crippen LogP contribution in [0.15, 0.2) is 35.0 Å². The highest BCUT2D eigenvalue weighted by molar-refractivity contribution is 7.07. The van der Waals surface area contributed by atoms with E-state index in [9.17, 15) is 8.78 Å². The molecule has 4 heteroatoms. The smallest absolute Gasteiger partial charge is 0.159 e. The summed E-state index contributed by atoms with van der Waals surface area (Å²) in [5.41, 5.74) is 1.98. The van der Waals surface area contributed by atoms with E-state index in [1.54, 1.807) is 17.4 Å². The Balaban J connectivity index is 2.16. The molecule has 0 spiro atoms. The van der Waals surface area contributed by atoms with Crippen molar-refractivity contribution in [2.24, 2.45) is 0 Å². The molecular weight excluding hydrogens is 252 g/mol. The Morgan fingerprint density at radius 3 is 2.67 bits per heavy atom. The highest BCUT2D eigenvalue weighted by Gasteiger charge is 2.12. The van der Waals surface area contributed by atoms with Crippen LogP contribution in [0, 0.1) is 11.6 Å². The Kier molecular flexibility index (Phi) is 4.44. The van der Waals surface area contributed by atoms with Crippen LogP contribution in [-0.4, -0.2) is 6.54 Å². The molecule has 0 saturated heterocycles. The van der Waals surface area contributed by atoms with E-state index in [0.717, 1.165) is 12.1 Å². The minimum atomic E-state index is -0.797. The van der Waals surface area contributed by atoms with Crippen LogP contribution in [0.4, 0.5) is 8.78 Å². The number of hydrogen-bond donors (Lipinski definition) is 1. The molecule has 0 aliphatic heterocycles. The molecule has 2 rings (SSSR count). The number of nitrogens with one attached hydrogen (secondary N) is 1. The minimum Gasteiger partial charge on any atom is -0.310 e. The van der Waals surface area contributed by atoms with Crippen LogP contribution in [-0.2, 0) is 6.42 Å². The highest BCUT2D eigenvalue weighted by atomic mass is 32.1. The molecule has 0 aliphatic rings. The number of rotatable bonds is 5. The van der Waals surface area contributed by atoms with Crippen LogP contribution in [0.3, 0.4) is 0 Å². The van der Waals surface area contributed by atoms with Crippen molar-refractivity contribution in [2.75, 3.05) is 6.54 Å². The van der Waals surface area contributed by atoms with Gasteiger partial charge in [-0.1, -0.05) is 13.0 Å². The molecule has 0 radical (unpaired) electrons. The van der Waals surface area contributed by atoms with Gasteiger partial charge in [0.25, 0.3) is 0 Å². The van der Waals surface area contributed by atoms with Crippen molar-refractivity contribution in [3.63, 3.8) is 0 Å². The molecule has 1 unspecified atom stereocenters. The summed E-state index contributed by atoms with van der Waals surface area (Å²) in [5.74, 6) is -1.58. The Labute approximate surface area is 109 Å². The fraction of sp³-hybridized carbons (Fsp3) is 0.286. The van der Waals surface area contributed by atoms with E-state index in [4.69, 9.17) is 0 Å². The summed E-state index contributed by atoms with van der Waals surface area (Å²) in [6.07, 6.45) is 0.655. The number of benzene rings is 1. The van der Waals surface area contributed by atoms with E-state index in [1.165, 1.54) is 17.7 Å². The monoisotopic (exact) mass is 267 g/mol. The zero-order valence-corrected chi connectivity index (χ0v) is 10.9. The molecule has 1 N–H and O–H groups in total. The molecule has 0 fully saturated rings. The number of thiophene rings is 1. The largest absolute Gasteiger partial charge is 0.310 e. The van der Waals surface area contributed by atoms with E-state index < -0.39 is 11.6 Å². The summed E-state index contributed by atoms with van der Waals surface area (Å²) in [6.45, 7) is 2.87. The van der Waals surface area contributed by atoms with Crippen LogP contribution in [0.5, 0.6) is 0 Å².